The number of pyridine rings is 1. The molecule has 3 aromatic heterocycles. The number of anilines is 1. The second kappa shape index (κ2) is 7.79. The van der Waals surface area contributed by atoms with E-state index < -0.39 is 0 Å². The Hall–Kier alpha value is -3.00. The fourth-order valence-corrected chi connectivity index (χ4v) is 3.71. The van der Waals surface area contributed by atoms with Gasteiger partial charge in [0.2, 0.25) is 5.82 Å². The minimum Gasteiger partial charge on any atom is -0.355 e. The second-order valence-electron chi connectivity index (χ2n) is 7.79. The number of aromatic nitrogens is 4. The molecule has 0 aromatic carbocycles. The molecular formula is C21H27N7O. The Morgan fingerprint density at radius 3 is 2.90 bits per heavy atom. The van der Waals surface area contributed by atoms with Gasteiger partial charge in [0.25, 0.3) is 5.91 Å². The van der Waals surface area contributed by atoms with Crippen LogP contribution in [0.5, 0.6) is 0 Å². The molecule has 1 atom stereocenters. The van der Waals surface area contributed by atoms with Crippen molar-refractivity contribution in [1.29, 1.82) is 0 Å². The van der Waals surface area contributed by atoms with E-state index in [9.17, 15) is 4.79 Å². The molecule has 4 heterocycles. The molecule has 1 N–H and O–H groups in total. The zero-order chi connectivity index (χ0) is 20.5. The van der Waals surface area contributed by atoms with Gasteiger partial charge in [-0.3, -0.25) is 4.79 Å². The van der Waals surface area contributed by atoms with Crippen molar-refractivity contribution in [3.05, 3.63) is 53.2 Å². The molecule has 8 nitrogen and oxygen atoms in total. The fourth-order valence-electron chi connectivity index (χ4n) is 3.71. The van der Waals surface area contributed by atoms with Gasteiger partial charge in [-0.1, -0.05) is 6.07 Å². The first-order valence-electron chi connectivity index (χ1n) is 9.90. The first-order valence-corrected chi connectivity index (χ1v) is 9.90. The largest absolute Gasteiger partial charge is 0.355 e. The number of nitrogens with one attached hydrogen (secondary N) is 1. The molecule has 1 amide bonds. The highest BCUT2D eigenvalue weighted by molar-refractivity contribution is 5.90. The first-order chi connectivity index (χ1) is 13.9. The molecule has 0 radical (unpaired) electrons. The molecule has 8 heteroatoms. The number of fused-ring (bicyclic) bond motifs is 1. The maximum absolute atomic E-state index is 12.3. The molecule has 3 aromatic rings. The van der Waals surface area contributed by atoms with Crippen molar-refractivity contribution >= 4 is 17.2 Å². The first kappa shape index (κ1) is 19.3. The van der Waals surface area contributed by atoms with Gasteiger partial charge in [0, 0.05) is 62.8 Å². The van der Waals surface area contributed by atoms with Crippen LogP contribution in [-0.4, -0.2) is 63.6 Å². The number of carbonyl (C=O) groups is 1. The van der Waals surface area contributed by atoms with Crippen LogP contribution in [0, 0.1) is 13.8 Å². The van der Waals surface area contributed by atoms with Gasteiger partial charge in [-0.25, -0.2) is 14.5 Å². The van der Waals surface area contributed by atoms with Crippen molar-refractivity contribution in [3.63, 3.8) is 0 Å². The topological polar surface area (TPSA) is 78.7 Å². The third-order valence-electron chi connectivity index (χ3n) is 5.54. The number of carbonyl (C=O) groups excluding carboxylic acids is 1. The van der Waals surface area contributed by atoms with E-state index >= 15 is 0 Å². The average Bonchev–Trinajstić information content (AvgIpc) is 3.34. The fraction of sp³-hybridized carbons (Fsp3) is 0.429. The van der Waals surface area contributed by atoms with Crippen LogP contribution < -0.4 is 10.2 Å². The van der Waals surface area contributed by atoms with Crippen LogP contribution in [0.1, 0.15) is 33.9 Å². The SMILES string of the molecule is Cc1nc(C(=O)N(C)C)nc(N2CC[C@@H](NCc3cnn4ccccc34)C2)c1C. The number of rotatable bonds is 5. The summed E-state index contributed by atoms with van der Waals surface area (Å²) in [6, 6.07) is 6.45. The van der Waals surface area contributed by atoms with Crippen molar-refractivity contribution in [2.45, 2.75) is 32.9 Å². The summed E-state index contributed by atoms with van der Waals surface area (Å²) in [6.45, 7) is 6.49. The number of hydrogen-bond acceptors (Lipinski definition) is 6. The van der Waals surface area contributed by atoms with Crippen molar-refractivity contribution in [2.24, 2.45) is 0 Å². The van der Waals surface area contributed by atoms with Crippen LogP contribution in [0.15, 0.2) is 30.6 Å². The van der Waals surface area contributed by atoms with E-state index in [0.29, 0.717) is 6.04 Å². The average molecular weight is 393 g/mol. The second-order valence-corrected chi connectivity index (χ2v) is 7.79. The van der Waals surface area contributed by atoms with E-state index in [-0.39, 0.29) is 11.7 Å². The Kier molecular flexibility index (Phi) is 5.19. The molecule has 29 heavy (non-hydrogen) atoms. The normalized spacial score (nSPS) is 16.6. The molecule has 0 bridgehead atoms. The molecule has 1 saturated heterocycles. The maximum Gasteiger partial charge on any atom is 0.291 e. The molecule has 4 rings (SSSR count). The van der Waals surface area contributed by atoms with Crippen molar-refractivity contribution in [2.75, 3.05) is 32.1 Å². The molecule has 0 spiro atoms. The van der Waals surface area contributed by atoms with Crippen molar-refractivity contribution < 1.29 is 4.79 Å². The van der Waals surface area contributed by atoms with Crippen LogP contribution in [0.25, 0.3) is 5.52 Å². The third kappa shape index (κ3) is 3.80. The number of amides is 1. The molecule has 0 aliphatic carbocycles. The number of hydrogen-bond donors (Lipinski definition) is 1. The Balaban J connectivity index is 1.46. The van der Waals surface area contributed by atoms with Gasteiger partial charge in [0.05, 0.1) is 11.7 Å². The summed E-state index contributed by atoms with van der Waals surface area (Å²) in [5.74, 6) is 0.954. The summed E-state index contributed by atoms with van der Waals surface area (Å²) in [5, 5.41) is 8.05. The highest BCUT2D eigenvalue weighted by Gasteiger charge is 2.26. The van der Waals surface area contributed by atoms with E-state index in [0.717, 1.165) is 48.6 Å². The highest BCUT2D eigenvalue weighted by Crippen LogP contribution is 2.24. The van der Waals surface area contributed by atoms with Gasteiger partial charge in [-0.15, -0.1) is 0 Å². The van der Waals surface area contributed by atoms with Gasteiger partial charge in [0.1, 0.15) is 5.82 Å². The Bertz CT molecular complexity index is 1040. The minimum absolute atomic E-state index is 0.170. The Morgan fingerprint density at radius 2 is 2.10 bits per heavy atom. The molecule has 0 unspecified atom stereocenters. The summed E-state index contributed by atoms with van der Waals surface area (Å²) in [4.78, 5) is 25.1. The van der Waals surface area contributed by atoms with Gasteiger partial charge >= 0.3 is 0 Å². The highest BCUT2D eigenvalue weighted by atomic mass is 16.2. The minimum atomic E-state index is -0.170. The molecule has 152 valence electrons. The lowest BCUT2D eigenvalue weighted by molar-refractivity contribution is 0.0815. The van der Waals surface area contributed by atoms with E-state index in [1.54, 1.807) is 14.1 Å². The van der Waals surface area contributed by atoms with E-state index in [2.05, 4.69) is 31.3 Å². The van der Waals surface area contributed by atoms with E-state index in [1.165, 1.54) is 10.5 Å². The molecule has 1 fully saturated rings. The molecule has 0 saturated carbocycles. The van der Waals surface area contributed by atoms with Crippen LogP contribution in [0.4, 0.5) is 5.82 Å². The van der Waals surface area contributed by atoms with Crippen LogP contribution in [-0.2, 0) is 6.54 Å². The van der Waals surface area contributed by atoms with Crippen LogP contribution in [0.2, 0.25) is 0 Å². The quantitative estimate of drug-likeness (QED) is 0.712. The Labute approximate surface area is 170 Å². The van der Waals surface area contributed by atoms with Gasteiger partial charge < -0.3 is 15.1 Å². The summed E-state index contributed by atoms with van der Waals surface area (Å²) in [6.07, 6.45) is 4.91. The lowest BCUT2D eigenvalue weighted by Crippen LogP contribution is -2.33. The van der Waals surface area contributed by atoms with E-state index in [4.69, 9.17) is 0 Å². The predicted octanol–water partition coefficient (Wildman–Crippen LogP) is 1.81. The van der Waals surface area contributed by atoms with Crippen LogP contribution >= 0.6 is 0 Å². The summed E-state index contributed by atoms with van der Waals surface area (Å²) >= 11 is 0. The predicted molar refractivity (Wildman–Crippen MR) is 112 cm³/mol. The number of aryl methyl sites for hydroxylation is 1. The zero-order valence-electron chi connectivity index (χ0n) is 17.4. The van der Waals surface area contributed by atoms with Crippen LogP contribution in [0.3, 0.4) is 0 Å². The molecule has 1 aliphatic heterocycles. The van der Waals surface area contributed by atoms with Gasteiger partial charge in [-0.2, -0.15) is 5.10 Å². The maximum atomic E-state index is 12.3. The van der Waals surface area contributed by atoms with Gasteiger partial charge in [0.15, 0.2) is 0 Å². The lowest BCUT2D eigenvalue weighted by atomic mass is 10.2. The summed E-state index contributed by atoms with van der Waals surface area (Å²) in [5.41, 5.74) is 4.20. The van der Waals surface area contributed by atoms with Crippen molar-refractivity contribution in [1.82, 2.24) is 29.8 Å². The summed E-state index contributed by atoms with van der Waals surface area (Å²) in [7, 11) is 3.44. The monoisotopic (exact) mass is 393 g/mol. The zero-order valence-corrected chi connectivity index (χ0v) is 17.4. The Morgan fingerprint density at radius 1 is 1.28 bits per heavy atom. The smallest absolute Gasteiger partial charge is 0.291 e. The number of nitrogens with zero attached hydrogens (tertiary/aromatic N) is 6. The van der Waals surface area contributed by atoms with Gasteiger partial charge in [-0.05, 0) is 32.4 Å². The molecule has 1 aliphatic rings. The van der Waals surface area contributed by atoms with Crippen molar-refractivity contribution in [3.8, 4) is 0 Å². The molecular weight excluding hydrogens is 366 g/mol. The standard InChI is InChI=1S/C21H27N7O/c1-14-15(2)24-19(21(29)26(3)4)25-20(14)27-10-8-17(13-27)22-11-16-12-23-28-9-6-5-7-18(16)28/h5-7,9,12,17,22H,8,10-11,13H2,1-4H3/t17-/m1/s1. The summed E-state index contributed by atoms with van der Waals surface area (Å²) < 4.78 is 1.90. The van der Waals surface area contributed by atoms with E-state index in [1.807, 2.05) is 42.9 Å². The lowest BCUT2D eigenvalue weighted by Gasteiger charge is -2.22. The third-order valence-corrected chi connectivity index (χ3v) is 5.54.